The predicted molar refractivity (Wildman–Crippen MR) is 153 cm³/mol. The molecule has 2 aromatic heterocycles. The van der Waals surface area contributed by atoms with Crippen LogP contribution in [-0.4, -0.2) is 20.7 Å². The Morgan fingerprint density at radius 1 is 0.921 bits per heavy atom. The molecule has 0 amide bonds. The number of rotatable bonds is 4. The molecule has 2 aliphatic heterocycles. The Hall–Kier alpha value is -4.10. The van der Waals surface area contributed by atoms with Crippen molar-refractivity contribution in [2.45, 2.75) is 45.2 Å². The second-order valence-corrected chi connectivity index (χ2v) is 10.5. The fourth-order valence-electron chi connectivity index (χ4n) is 6.13. The van der Waals surface area contributed by atoms with Crippen molar-refractivity contribution in [3.63, 3.8) is 0 Å². The van der Waals surface area contributed by atoms with E-state index in [2.05, 4.69) is 62.8 Å². The van der Waals surface area contributed by atoms with Crippen LogP contribution < -0.4 is 21.1 Å². The van der Waals surface area contributed by atoms with Gasteiger partial charge in [-0.25, -0.2) is 4.98 Å². The molecule has 0 spiro atoms. The van der Waals surface area contributed by atoms with Crippen LogP contribution in [-0.2, 0) is 39.4 Å². The molecule has 0 unspecified atom stereocenters. The highest BCUT2D eigenvalue weighted by Gasteiger charge is 2.25. The zero-order valence-corrected chi connectivity index (χ0v) is 21.7. The van der Waals surface area contributed by atoms with Crippen molar-refractivity contribution in [2.24, 2.45) is 7.05 Å². The smallest absolute Gasteiger partial charge is 0.294 e. The first kappa shape index (κ1) is 23.0. The highest BCUT2D eigenvalue weighted by molar-refractivity contribution is 5.76. The summed E-state index contributed by atoms with van der Waals surface area (Å²) in [5, 5.41) is 6.76. The number of aryl methyl sites for hydroxylation is 1. The third-order valence-electron chi connectivity index (χ3n) is 8.08. The molecule has 0 fully saturated rings. The summed E-state index contributed by atoms with van der Waals surface area (Å²) < 4.78 is 4.09. The van der Waals surface area contributed by atoms with Gasteiger partial charge in [-0.3, -0.25) is 9.36 Å². The quantitative estimate of drug-likeness (QED) is 0.411. The van der Waals surface area contributed by atoms with Gasteiger partial charge in [0, 0.05) is 48.6 Å². The fourth-order valence-corrected chi connectivity index (χ4v) is 6.13. The molecule has 4 heterocycles. The summed E-state index contributed by atoms with van der Waals surface area (Å²) in [5.41, 5.74) is 9.30. The first-order valence-electron chi connectivity index (χ1n) is 13.6. The van der Waals surface area contributed by atoms with Crippen LogP contribution in [0.5, 0.6) is 0 Å². The van der Waals surface area contributed by atoms with Gasteiger partial charge in [0.25, 0.3) is 5.56 Å². The van der Waals surface area contributed by atoms with Crippen LogP contribution in [0.4, 0.5) is 17.3 Å². The molecule has 0 saturated heterocycles. The lowest BCUT2D eigenvalue weighted by Crippen LogP contribution is -2.31. The Balaban J connectivity index is 1.30. The molecule has 0 saturated carbocycles. The van der Waals surface area contributed by atoms with Crippen LogP contribution in [0, 0.1) is 0 Å². The van der Waals surface area contributed by atoms with Crippen molar-refractivity contribution < 1.29 is 0 Å². The second kappa shape index (κ2) is 9.33. The minimum Gasteiger partial charge on any atom is -0.336 e. The van der Waals surface area contributed by atoms with Crippen LogP contribution in [0.1, 0.15) is 40.9 Å². The van der Waals surface area contributed by atoms with Gasteiger partial charge in [-0.15, -0.1) is 0 Å². The van der Waals surface area contributed by atoms with Crippen molar-refractivity contribution in [2.75, 3.05) is 16.8 Å². The molecular formula is C31H32N6O. The maximum absolute atomic E-state index is 13.7. The molecule has 7 rings (SSSR count). The molecule has 1 aliphatic carbocycles. The summed E-state index contributed by atoms with van der Waals surface area (Å²) in [6, 6.07) is 18.8. The SMILES string of the molecule is Cn1c(N2C=Cn3c(cc4c3CCCC4)C2)c(-c2ccccc2)nc(Nc2ccc3c(c2)CCNC3)c1=O. The number of fused-ring (bicyclic) bond motifs is 4. The van der Waals surface area contributed by atoms with Crippen LogP contribution in [0.2, 0.25) is 0 Å². The van der Waals surface area contributed by atoms with Gasteiger partial charge in [-0.2, -0.15) is 0 Å². The van der Waals surface area contributed by atoms with Gasteiger partial charge in [-0.05, 0) is 73.5 Å². The van der Waals surface area contributed by atoms with E-state index in [1.165, 1.54) is 40.9 Å². The molecule has 3 aliphatic rings. The third-order valence-corrected chi connectivity index (χ3v) is 8.08. The topological polar surface area (TPSA) is 67.1 Å². The van der Waals surface area contributed by atoms with E-state index in [0.29, 0.717) is 12.4 Å². The molecule has 7 heteroatoms. The minimum atomic E-state index is -0.146. The van der Waals surface area contributed by atoms with E-state index >= 15 is 0 Å². The average molecular weight is 505 g/mol. The maximum Gasteiger partial charge on any atom is 0.294 e. The summed E-state index contributed by atoms with van der Waals surface area (Å²) in [4.78, 5) is 20.8. The lowest BCUT2D eigenvalue weighted by molar-refractivity contribution is 0.644. The number of aromatic nitrogens is 3. The summed E-state index contributed by atoms with van der Waals surface area (Å²) in [6.45, 7) is 2.56. The number of hydrogen-bond acceptors (Lipinski definition) is 5. The maximum atomic E-state index is 13.7. The highest BCUT2D eigenvalue weighted by Crippen LogP contribution is 2.34. The van der Waals surface area contributed by atoms with Crippen molar-refractivity contribution in [1.29, 1.82) is 0 Å². The molecule has 2 N–H and O–H groups in total. The standard InChI is InChI=1S/C31H32N6O/c1-35-30(36-15-16-37-26(20-36)18-23-9-5-6-10-27(23)37)28(21-7-3-2-4-8-21)34-29(31(35)38)33-25-12-11-24-19-32-14-13-22(24)17-25/h2-4,7-8,11-12,15-18,32H,5-6,9-10,13-14,19-20H2,1H3,(H,33,34). The normalized spacial score (nSPS) is 16.1. The van der Waals surface area contributed by atoms with E-state index in [0.717, 1.165) is 55.1 Å². The molecule has 7 nitrogen and oxygen atoms in total. The molecule has 38 heavy (non-hydrogen) atoms. The lowest BCUT2D eigenvalue weighted by atomic mass is 9.98. The monoisotopic (exact) mass is 504 g/mol. The molecule has 0 radical (unpaired) electrons. The Morgan fingerprint density at radius 3 is 2.68 bits per heavy atom. The number of benzene rings is 2. The lowest BCUT2D eigenvalue weighted by Gasteiger charge is -2.29. The zero-order chi connectivity index (χ0) is 25.6. The molecule has 2 aromatic carbocycles. The number of hydrogen-bond donors (Lipinski definition) is 2. The minimum absolute atomic E-state index is 0.146. The van der Waals surface area contributed by atoms with Crippen LogP contribution >= 0.6 is 0 Å². The fraction of sp³-hybridized carbons (Fsp3) is 0.290. The van der Waals surface area contributed by atoms with E-state index in [1.807, 2.05) is 31.3 Å². The zero-order valence-electron chi connectivity index (χ0n) is 21.7. The van der Waals surface area contributed by atoms with Gasteiger partial charge in [0.15, 0.2) is 5.82 Å². The molecular weight excluding hydrogens is 472 g/mol. The van der Waals surface area contributed by atoms with Crippen molar-refractivity contribution in [3.05, 3.63) is 99.2 Å². The largest absolute Gasteiger partial charge is 0.336 e. The Kier molecular flexibility index (Phi) is 5.66. The third kappa shape index (κ3) is 3.94. The average Bonchev–Trinajstić information content (AvgIpc) is 3.33. The van der Waals surface area contributed by atoms with E-state index in [-0.39, 0.29) is 5.56 Å². The predicted octanol–water partition coefficient (Wildman–Crippen LogP) is 4.97. The van der Waals surface area contributed by atoms with Gasteiger partial charge in [0.1, 0.15) is 11.5 Å². The molecule has 0 atom stereocenters. The van der Waals surface area contributed by atoms with Gasteiger partial charge in [0.05, 0.1) is 6.54 Å². The Labute approximate surface area is 222 Å². The first-order valence-corrected chi connectivity index (χ1v) is 13.6. The highest BCUT2D eigenvalue weighted by atomic mass is 16.1. The molecule has 0 bridgehead atoms. The van der Waals surface area contributed by atoms with Crippen molar-refractivity contribution >= 4 is 23.5 Å². The van der Waals surface area contributed by atoms with Crippen LogP contribution in [0.3, 0.4) is 0 Å². The number of nitrogens with one attached hydrogen (secondary N) is 2. The summed E-state index contributed by atoms with van der Waals surface area (Å²) in [6.07, 6.45) is 10.0. The van der Waals surface area contributed by atoms with E-state index in [4.69, 9.17) is 4.98 Å². The van der Waals surface area contributed by atoms with Gasteiger partial charge in [0.2, 0.25) is 0 Å². The van der Waals surface area contributed by atoms with Gasteiger partial charge >= 0.3 is 0 Å². The van der Waals surface area contributed by atoms with E-state index < -0.39 is 0 Å². The summed E-state index contributed by atoms with van der Waals surface area (Å²) in [7, 11) is 1.85. The summed E-state index contributed by atoms with van der Waals surface area (Å²) in [5.74, 6) is 1.13. The van der Waals surface area contributed by atoms with Gasteiger partial charge in [-0.1, -0.05) is 36.4 Å². The van der Waals surface area contributed by atoms with E-state index in [1.54, 1.807) is 4.57 Å². The van der Waals surface area contributed by atoms with Gasteiger partial charge < -0.3 is 20.1 Å². The number of nitrogens with zero attached hydrogens (tertiary/aromatic N) is 4. The Morgan fingerprint density at radius 2 is 1.79 bits per heavy atom. The molecule has 4 aromatic rings. The van der Waals surface area contributed by atoms with E-state index in [9.17, 15) is 4.79 Å². The van der Waals surface area contributed by atoms with Crippen LogP contribution in [0.25, 0.3) is 17.5 Å². The first-order chi connectivity index (χ1) is 18.7. The Bertz CT molecular complexity index is 1610. The second-order valence-electron chi connectivity index (χ2n) is 10.5. The van der Waals surface area contributed by atoms with Crippen molar-refractivity contribution in [3.8, 4) is 11.3 Å². The van der Waals surface area contributed by atoms with Crippen molar-refractivity contribution in [1.82, 2.24) is 19.4 Å². The number of anilines is 3. The molecule has 192 valence electrons. The van der Waals surface area contributed by atoms with Crippen LogP contribution in [0.15, 0.2) is 65.6 Å². The summed E-state index contributed by atoms with van der Waals surface area (Å²) >= 11 is 0.